The van der Waals surface area contributed by atoms with E-state index in [1.54, 1.807) is 25.3 Å². The molecule has 4 heterocycles. The lowest BCUT2D eigenvalue weighted by Gasteiger charge is -2.08. The quantitative estimate of drug-likeness (QED) is 0.259. The van der Waals surface area contributed by atoms with Gasteiger partial charge in [0, 0.05) is 16.1 Å². The van der Waals surface area contributed by atoms with Crippen LogP contribution in [0, 0.1) is 11.6 Å². The normalized spacial score (nSPS) is 10.8. The summed E-state index contributed by atoms with van der Waals surface area (Å²) in [6, 6.07) is 10.4. The summed E-state index contributed by atoms with van der Waals surface area (Å²) in [7, 11) is 0. The second-order valence-electron chi connectivity index (χ2n) is 8.63. The standard InChI is InChI=1S/C14H12ClN5O.C14H11F2N5O/c1-2-21-13-11-12(19-14(16)20-13)17-7-10(18-11)8-3-5-9(15)6-4-8;1-2-22-13-11-12(20-14(17)21-13)18-6-10(19-11)8-5-7(15)3-4-9(8)16/h3-7H,2H2,1H3,(H2,16,17,19,20);3-6H,2H2,1H3,(H2,17,18,20,21). The van der Waals surface area contributed by atoms with E-state index >= 15 is 0 Å². The highest BCUT2D eigenvalue weighted by molar-refractivity contribution is 6.30. The molecule has 4 N–H and O–H groups in total. The van der Waals surface area contributed by atoms with Gasteiger partial charge in [0.25, 0.3) is 0 Å². The molecule has 0 saturated heterocycles. The van der Waals surface area contributed by atoms with Crippen molar-refractivity contribution in [1.82, 2.24) is 39.9 Å². The molecule has 0 radical (unpaired) electrons. The van der Waals surface area contributed by atoms with E-state index in [4.69, 9.17) is 32.5 Å². The third-order valence-corrected chi connectivity index (χ3v) is 5.94. The van der Waals surface area contributed by atoms with Crippen LogP contribution in [0.15, 0.2) is 54.9 Å². The Morgan fingerprint density at radius 2 is 1.23 bits per heavy atom. The summed E-state index contributed by atoms with van der Waals surface area (Å²) >= 11 is 5.89. The number of rotatable bonds is 6. The van der Waals surface area contributed by atoms with Gasteiger partial charge in [0.05, 0.1) is 37.0 Å². The summed E-state index contributed by atoms with van der Waals surface area (Å²) in [6.07, 6.45) is 2.93. The highest BCUT2D eigenvalue weighted by atomic mass is 35.5. The minimum absolute atomic E-state index is 0.00469. The molecule has 6 aromatic rings. The van der Waals surface area contributed by atoms with Crippen LogP contribution in [0.2, 0.25) is 5.02 Å². The molecule has 0 aliphatic carbocycles. The third kappa shape index (κ3) is 6.59. The lowest BCUT2D eigenvalue weighted by atomic mass is 10.1. The number of ether oxygens (including phenoxy) is 2. The van der Waals surface area contributed by atoms with Crippen LogP contribution >= 0.6 is 11.6 Å². The Morgan fingerprint density at radius 3 is 1.79 bits per heavy atom. The lowest BCUT2D eigenvalue weighted by molar-refractivity contribution is 0.330. The van der Waals surface area contributed by atoms with Crippen molar-refractivity contribution in [2.45, 2.75) is 13.8 Å². The van der Waals surface area contributed by atoms with Crippen molar-refractivity contribution in [1.29, 1.82) is 0 Å². The largest absolute Gasteiger partial charge is 0.476 e. The van der Waals surface area contributed by atoms with Crippen molar-refractivity contribution >= 4 is 45.8 Å². The number of halogens is 3. The molecular weight excluding hydrogens is 582 g/mol. The Kier molecular flexibility index (Phi) is 8.57. The molecule has 218 valence electrons. The van der Waals surface area contributed by atoms with Crippen LogP contribution in [0.1, 0.15) is 13.8 Å². The molecule has 15 heteroatoms. The van der Waals surface area contributed by atoms with Gasteiger partial charge in [-0.2, -0.15) is 19.9 Å². The number of fused-ring (bicyclic) bond motifs is 2. The zero-order valence-electron chi connectivity index (χ0n) is 22.8. The van der Waals surface area contributed by atoms with Crippen molar-refractivity contribution in [3.8, 4) is 34.3 Å². The average molecular weight is 605 g/mol. The molecule has 0 fully saturated rings. The molecule has 0 spiro atoms. The van der Waals surface area contributed by atoms with E-state index in [2.05, 4.69) is 39.9 Å². The number of nitrogens with zero attached hydrogens (tertiary/aromatic N) is 8. The maximum Gasteiger partial charge on any atom is 0.247 e. The van der Waals surface area contributed by atoms with E-state index < -0.39 is 11.6 Å². The number of nitrogen functional groups attached to an aromatic ring is 2. The van der Waals surface area contributed by atoms with Gasteiger partial charge in [0.1, 0.15) is 11.6 Å². The molecule has 0 unspecified atom stereocenters. The number of benzene rings is 2. The Morgan fingerprint density at radius 1 is 0.698 bits per heavy atom. The van der Waals surface area contributed by atoms with E-state index in [9.17, 15) is 8.78 Å². The van der Waals surface area contributed by atoms with Crippen LogP contribution in [0.3, 0.4) is 0 Å². The van der Waals surface area contributed by atoms with Crippen molar-refractivity contribution < 1.29 is 18.3 Å². The van der Waals surface area contributed by atoms with Gasteiger partial charge >= 0.3 is 0 Å². The molecule has 4 aromatic heterocycles. The summed E-state index contributed by atoms with van der Waals surface area (Å²) in [5.41, 5.74) is 14.3. The van der Waals surface area contributed by atoms with Crippen molar-refractivity contribution in [3.63, 3.8) is 0 Å². The van der Waals surface area contributed by atoms with Gasteiger partial charge < -0.3 is 20.9 Å². The van der Waals surface area contributed by atoms with Gasteiger partial charge in [0.15, 0.2) is 22.3 Å². The first-order valence-electron chi connectivity index (χ1n) is 12.8. The van der Waals surface area contributed by atoms with E-state index in [-0.39, 0.29) is 40.2 Å². The van der Waals surface area contributed by atoms with Crippen LogP contribution in [0.25, 0.3) is 44.8 Å². The number of hydrogen-bond acceptors (Lipinski definition) is 12. The topological polar surface area (TPSA) is 174 Å². The number of hydrogen-bond donors (Lipinski definition) is 2. The highest BCUT2D eigenvalue weighted by Gasteiger charge is 2.15. The highest BCUT2D eigenvalue weighted by Crippen LogP contribution is 2.27. The van der Waals surface area contributed by atoms with Crippen LogP contribution in [0.5, 0.6) is 11.8 Å². The predicted molar refractivity (Wildman–Crippen MR) is 157 cm³/mol. The van der Waals surface area contributed by atoms with Crippen molar-refractivity contribution in [3.05, 3.63) is 71.5 Å². The van der Waals surface area contributed by atoms with E-state index in [1.165, 1.54) is 6.20 Å². The molecule has 0 amide bonds. The van der Waals surface area contributed by atoms with Gasteiger partial charge in [-0.1, -0.05) is 23.7 Å². The summed E-state index contributed by atoms with van der Waals surface area (Å²) < 4.78 is 38.0. The van der Waals surface area contributed by atoms with Gasteiger partial charge in [-0.15, -0.1) is 0 Å². The monoisotopic (exact) mass is 604 g/mol. The fourth-order valence-electron chi connectivity index (χ4n) is 3.86. The predicted octanol–water partition coefficient (Wildman–Crippen LogP) is 5.07. The second-order valence-corrected chi connectivity index (χ2v) is 9.06. The van der Waals surface area contributed by atoms with Gasteiger partial charge in [-0.25, -0.2) is 28.7 Å². The number of nitrogens with two attached hydrogens (primary N) is 2. The molecular formula is C28H23ClF2N10O2. The van der Waals surface area contributed by atoms with Crippen LogP contribution in [0.4, 0.5) is 20.7 Å². The zero-order chi connectivity index (χ0) is 30.5. The SMILES string of the molecule is CCOc1nc(N)nc2ncc(-c3cc(F)ccc3F)nc12.CCOc1nc(N)nc2ncc(-c3ccc(Cl)cc3)nc12. The maximum atomic E-state index is 13.9. The van der Waals surface area contributed by atoms with Crippen molar-refractivity contribution in [2.24, 2.45) is 0 Å². The smallest absolute Gasteiger partial charge is 0.247 e. The summed E-state index contributed by atoms with van der Waals surface area (Å²) in [6.45, 7) is 4.43. The van der Waals surface area contributed by atoms with Crippen LogP contribution < -0.4 is 20.9 Å². The molecule has 0 bridgehead atoms. The molecule has 0 aliphatic heterocycles. The fraction of sp³-hybridized carbons (Fsp3) is 0.143. The molecule has 0 aliphatic rings. The Balaban J connectivity index is 0.000000171. The summed E-state index contributed by atoms with van der Waals surface area (Å²) in [4.78, 5) is 33.1. The molecule has 2 aromatic carbocycles. The summed E-state index contributed by atoms with van der Waals surface area (Å²) in [5, 5.41) is 0.665. The average Bonchev–Trinajstić information content (AvgIpc) is 2.99. The Hall–Kier alpha value is -5.37. The first-order valence-corrected chi connectivity index (χ1v) is 13.2. The van der Waals surface area contributed by atoms with Crippen molar-refractivity contribution in [2.75, 3.05) is 24.7 Å². The first kappa shape index (κ1) is 29.1. The summed E-state index contributed by atoms with van der Waals surface area (Å²) in [5.74, 6) is -0.588. The second kappa shape index (κ2) is 12.7. The Bertz CT molecular complexity index is 1930. The van der Waals surface area contributed by atoms with Gasteiger partial charge in [-0.05, 0) is 44.2 Å². The third-order valence-electron chi connectivity index (χ3n) is 5.69. The maximum absolute atomic E-state index is 13.9. The molecule has 12 nitrogen and oxygen atoms in total. The molecule has 0 atom stereocenters. The molecule has 6 rings (SSSR count). The van der Waals surface area contributed by atoms with E-state index in [0.29, 0.717) is 41.0 Å². The number of anilines is 2. The van der Waals surface area contributed by atoms with Crippen LogP contribution in [-0.2, 0) is 0 Å². The number of aromatic nitrogens is 8. The molecule has 0 saturated carbocycles. The minimum Gasteiger partial charge on any atom is -0.476 e. The van der Waals surface area contributed by atoms with E-state index in [1.807, 2.05) is 19.1 Å². The zero-order valence-corrected chi connectivity index (χ0v) is 23.5. The lowest BCUT2D eigenvalue weighted by Crippen LogP contribution is -2.04. The van der Waals surface area contributed by atoms with E-state index in [0.717, 1.165) is 23.8 Å². The first-order chi connectivity index (χ1) is 20.7. The molecule has 43 heavy (non-hydrogen) atoms. The van der Waals surface area contributed by atoms with Crippen LogP contribution in [-0.4, -0.2) is 53.1 Å². The Labute approximate surface area is 248 Å². The van der Waals surface area contributed by atoms with Gasteiger partial charge in [-0.3, -0.25) is 0 Å². The van der Waals surface area contributed by atoms with Gasteiger partial charge in [0.2, 0.25) is 23.7 Å². The minimum atomic E-state index is -0.607. The fourth-order valence-corrected chi connectivity index (χ4v) is 3.98.